The van der Waals surface area contributed by atoms with Gasteiger partial charge in [-0.05, 0) is 28.5 Å². The quantitative estimate of drug-likeness (QED) is 0.568. The van der Waals surface area contributed by atoms with Crippen LogP contribution in [0, 0.1) is 10.8 Å². The Morgan fingerprint density at radius 1 is 1.00 bits per heavy atom. The van der Waals surface area contributed by atoms with Crippen LogP contribution in [0.15, 0.2) is 61.2 Å². The number of carbonyl (C=O) groups excluding carboxylic acids is 1. The summed E-state index contributed by atoms with van der Waals surface area (Å²) in [7, 11) is 0. The van der Waals surface area contributed by atoms with Crippen LogP contribution in [0.2, 0.25) is 0 Å². The molecule has 142 valence electrons. The highest BCUT2D eigenvalue weighted by Crippen LogP contribution is 2.43. The third-order valence-corrected chi connectivity index (χ3v) is 4.89. The van der Waals surface area contributed by atoms with E-state index in [0.29, 0.717) is 0 Å². The molecule has 0 aliphatic carbocycles. The van der Waals surface area contributed by atoms with Crippen LogP contribution in [0.25, 0.3) is 6.08 Å². The minimum atomic E-state index is -1.70. The Hall–Kier alpha value is -2.88. The monoisotopic (exact) mass is 366 g/mol. The normalized spacial score (nSPS) is 13.4. The van der Waals surface area contributed by atoms with Crippen molar-refractivity contribution >= 4 is 18.0 Å². The highest BCUT2D eigenvalue weighted by molar-refractivity contribution is 6.00. The molecule has 0 saturated carbocycles. The van der Waals surface area contributed by atoms with Crippen LogP contribution in [-0.2, 0) is 27.4 Å². The fourth-order valence-corrected chi connectivity index (χ4v) is 3.05. The van der Waals surface area contributed by atoms with Crippen LogP contribution in [-0.4, -0.2) is 17.0 Å². The molecule has 1 N–H and O–H groups in total. The van der Waals surface area contributed by atoms with Gasteiger partial charge in [0.2, 0.25) is 0 Å². The minimum Gasteiger partial charge on any atom is -0.480 e. The fraction of sp³-hybridized carbons (Fsp3) is 0.304. The van der Waals surface area contributed by atoms with Gasteiger partial charge < -0.3 is 9.84 Å². The third kappa shape index (κ3) is 4.45. The highest BCUT2D eigenvalue weighted by Gasteiger charge is 2.56. The van der Waals surface area contributed by atoms with Gasteiger partial charge in [-0.15, -0.1) is 0 Å². The van der Waals surface area contributed by atoms with Crippen LogP contribution in [0.4, 0.5) is 0 Å². The number of carboxylic acid groups (broad SMARTS) is 1. The topological polar surface area (TPSA) is 63.6 Å². The third-order valence-electron chi connectivity index (χ3n) is 4.89. The molecule has 1 atom stereocenters. The summed E-state index contributed by atoms with van der Waals surface area (Å²) in [4.78, 5) is 25.4. The Balaban J connectivity index is 2.34. The molecule has 0 heterocycles. The molecule has 0 aromatic heterocycles. The minimum absolute atomic E-state index is 0.0419. The lowest BCUT2D eigenvalue weighted by Crippen LogP contribution is -2.52. The van der Waals surface area contributed by atoms with Crippen molar-refractivity contribution < 1.29 is 19.4 Å². The van der Waals surface area contributed by atoms with Gasteiger partial charge in [-0.3, -0.25) is 9.59 Å². The van der Waals surface area contributed by atoms with Crippen molar-refractivity contribution in [2.24, 2.45) is 10.8 Å². The van der Waals surface area contributed by atoms with Crippen molar-refractivity contribution in [3.05, 3.63) is 77.9 Å². The van der Waals surface area contributed by atoms with E-state index in [1.54, 1.807) is 26.8 Å². The number of aliphatic carboxylic acids is 1. The maximum atomic E-state index is 13.0. The Bertz CT molecular complexity index is 801. The number of benzene rings is 2. The molecular weight excluding hydrogens is 340 g/mol. The molecule has 0 fully saturated rings. The number of carboxylic acids is 1. The molecule has 0 saturated heterocycles. The molecule has 0 aliphatic heterocycles. The highest BCUT2D eigenvalue weighted by atomic mass is 16.5. The molecule has 2 rings (SSSR count). The van der Waals surface area contributed by atoms with Crippen LogP contribution < -0.4 is 0 Å². The van der Waals surface area contributed by atoms with Crippen LogP contribution >= 0.6 is 0 Å². The summed E-state index contributed by atoms with van der Waals surface area (Å²) in [6.07, 6.45) is 1.77. The first-order valence-corrected chi connectivity index (χ1v) is 8.86. The Morgan fingerprint density at radius 3 is 2.07 bits per heavy atom. The van der Waals surface area contributed by atoms with Crippen molar-refractivity contribution in [3.63, 3.8) is 0 Å². The number of esters is 1. The van der Waals surface area contributed by atoms with Gasteiger partial charge in [0.25, 0.3) is 0 Å². The maximum absolute atomic E-state index is 13.0. The van der Waals surface area contributed by atoms with Crippen LogP contribution in [0.1, 0.15) is 37.5 Å². The molecule has 4 nitrogen and oxygen atoms in total. The molecule has 0 aliphatic rings. The van der Waals surface area contributed by atoms with Crippen molar-refractivity contribution in [1.29, 1.82) is 0 Å². The second-order valence-electron chi connectivity index (χ2n) is 7.64. The van der Waals surface area contributed by atoms with E-state index in [-0.39, 0.29) is 13.0 Å². The molecule has 0 bridgehead atoms. The zero-order valence-electron chi connectivity index (χ0n) is 16.1. The largest absolute Gasteiger partial charge is 0.480 e. The summed E-state index contributed by atoms with van der Waals surface area (Å²) >= 11 is 0. The summed E-state index contributed by atoms with van der Waals surface area (Å²) in [6, 6.07) is 16.6. The van der Waals surface area contributed by atoms with Gasteiger partial charge >= 0.3 is 11.9 Å². The summed E-state index contributed by atoms with van der Waals surface area (Å²) in [6.45, 7) is 9.02. The molecular formula is C23H26O4. The molecule has 0 spiro atoms. The van der Waals surface area contributed by atoms with E-state index in [0.717, 1.165) is 16.7 Å². The van der Waals surface area contributed by atoms with Gasteiger partial charge in [0.05, 0.1) is 0 Å². The first kappa shape index (κ1) is 20.4. The predicted molar refractivity (Wildman–Crippen MR) is 106 cm³/mol. The van der Waals surface area contributed by atoms with Gasteiger partial charge in [0, 0.05) is 0 Å². The molecule has 4 heteroatoms. The maximum Gasteiger partial charge on any atom is 0.324 e. The smallest absolute Gasteiger partial charge is 0.324 e. The summed E-state index contributed by atoms with van der Waals surface area (Å²) in [5, 5.41) is 10.1. The van der Waals surface area contributed by atoms with E-state index in [9.17, 15) is 14.7 Å². The van der Waals surface area contributed by atoms with E-state index < -0.39 is 22.8 Å². The number of carbonyl (C=O) groups is 2. The van der Waals surface area contributed by atoms with Crippen molar-refractivity contribution in [3.8, 4) is 0 Å². The molecule has 2 aromatic carbocycles. The van der Waals surface area contributed by atoms with Gasteiger partial charge in [-0.1, -0.05) is 88.0 Å². The number of ether oxygens (including phenoxy) is 1. The SMILES string of the molecule is C=Cc1ccc(CC(C(=O)O)(C(=O)OCc2ccccc2)C(C)(C)C)cc1. The summed E-state index contributed by atoms with van der Waals surface area (Å²) < 4.78 is 5.46. The average Bonchev–Trinajstić information content (AvgIpc) is 2.64. The molecule has 2 aromatic rings. The molecule has 0 amide bonds. The first-order chi connectivity index (χ1) is 12.7. The van der Waals surface area contributed by atoms with Crippen LogP contribution in [0.3, 0.4) is 0 Å². The zero-order valence-corrected chi connectivity index (χ0v) is 16.1. The first-order valence-electron chi connectivity index (χ1n) is 8.86. The zero-order chi connectivity index (χ0) is 20.1. The summed E-state index contributed by atoms with van der Waals surface area (Å²) in [5.41, 5.74) is -0.0349. The second kappa shape index (κ2) is 8.21. The van der Waals surface area contributed by atoms with E-state index in [2.05, 4.69) is 6.58 Å². The standard InChI is InChI=1S/C23H26O4/c1-5-17-11-13-18(14-12-17)15-23(20(24)25,22(2,3)4)21(26)27-16-19-9-7-6-8-10-19/h5-14H,1,15-16H2,2-4H3,(H,24,25). The van der Waals surface area contributed by atoms with E-state index in [1.165, 1.54) is 0 Å². The van der Waals surface area contributed by atoms with Gasteiger partial charge in [0.1, 0.15) is 6.61 Å². The Morgan fingerprint density at radius 2 is 1.59 bits per heavy atom. The van der Waals surface area contributed by atoms with E-state index >= 15 is 0 Å². The molecule has 27 heavy (non-hydrogen) atoms. The predicted octanol–water partition coefficient (Wildman–Crippen LogP) is 4.73. The summed E-state index contributed by atoms with van der Waals surface area (Å²) in [5.74, 6) is -1.90. The van der Waals surface area contributed by atoms with E-state index in [4.69, 9.17) is 4.74 Å². The lowest BCUT2D eigenvalue weighted by Gasteiger charge is -2.39. The lowest BCUT2D eigenvalue weighted by molar-refractivity contribution is -0.179. The van der Waals surface area contributed by atoms with Gasteiger partial charge in [0.15, 0.2) is 5.41 Å². The van der Waals surface area contributed by atoms with Crippen molar-refractivity contribution in [1.82, 2.24) is 0 Å². The number of hydrogen-bond donors (Lipinski definition) is 1. The number of hydrogen-bond acceptors (Lipinski definition) is 3. The van der Waals surface area contributed by atoms with Crippen molar-refractivity contribution in [2.45, 2.75) is 33.8 Å². The fourth-order valence-electron chi connectivity index (χ4n) is 3.05. The van der Waals surface area contributed by atoms with Gasteiger partial charge in [-0.25, -0.2) is 0 Å². The average molecular weight is 366 g/mol. The Kier molecular flexibility index (Phi) is 6.21. The number of rotatable bonds is 7. The molecule has 0 radical (unpaired) electrons. The Labute approximate surface area is 160 Å². The molecule has 1 unspecified atom stereocenters. The lowest BCUT2D eigenvalue weighted by atomic mass is 9.63. The van der Waals surface area contributed by atoms with Crippen LogP contribution in [0.5, 0.6) is 0 Å². The van der Waals surface area contributed by atoms with E-state index in [1.807, 2.05) is 54.6 Å². The second-order valence-corrected chi connectivity index (χ2v) is 7.64. The van der Waals surface area contributed by atoms with Crippen molar-refractivity contribution in [2.75, 3.05) is 0 Å². The van der Waals surface area contributed by atoms with Gasteiger partial charge in [-0.2, -0.15) is 0 Å².